The van der Waals surface area contributed by atoms with Crippen molar-refractivity contribution >= 4 is 23.5 Å². The van der Waals surface area contributed by atoms with Gasteiger partial charge in [0.25, 0.3) is 5.91 Å². The van der Waals surface area contributed by atoms with E-state index >= 15 is 0 Å². The van der Waals surface area contributed by atoms with Gasteiger partial charge in [-0.25, -0.2) is 0 Å². The molecule has 0 radical (unpaired) electrons. The number of carbonyl (C=O) groups is 2. The fourth-order valence-electron chi connectivity index (χ4n) is 2.69. The van der Waals surface area contributed by atoms with E-state index in [1.165, 1.54) is 0 Å². The lowest BCUT2D eigenvalue weighted by molar-refractivity contribution is -0.143. The molecule has 1 aromatic carbocycles. The number of carboxylic acids is 1. The number of benzene rings is 1. The number of carboxylic acid groups (broad SMARTS) is 1. The van der Waals surface area contributed by atoms with E-state index in [1.54, 1.807) is 12.1 Å². The van der Waals surface area contributed by atoms with E-state index in [0.29, 0.717) is 35.9 Å². The van der Waals surface area contributed by atoms with Crippen LogP contribution in [0.2, 0.25) is 5.02 Å². The molecule has 21 heavy (non-hydrogen) atoms. The van der Waals surface area contributed by atoms with E-state index in [2.05, 4.69) is 5.32 Å². The molecular formula is C16H20ClNO3. The lowest BCUT2D eigenvalue weighted by atomic mass is 9.82. The molecule has 4 nitrogen and oxygen atoms in total. The van der Waals surface area contributed by atoms with Crippen LogP contribution in [0, 0.1) is 18.8 Å². The summed E-state index contributed by atoms with van der Waals surface area (Å²) in [5.74, 6) is -0.678. The van der Waals surface area contributed by atoms with Crippen molar-refractivity contribution in [3.05, 3.63) is 34.3 Å². The van der Waals surface area contributed by atoms with Crippen LogP contribution < -0.4 is 5.32 Å². The van der Waals surface area contributed by atoms with Gasteiger partial charge in [0, 0.05) is 17.1 Å². The molecule has 0 heterocycles. The molecule has 1 fully saturated rings. The van der Waals surface area contributed by atoms with Gasteiger partial charge in [0.1, 0.15) is 0 Å². The number of amides is 1. The third-order valence-electron chi connectivity index (χ3n) is 4.18. The van der Waals surface area contributed by atoms with Crippen LogP contribution in [0.3, 0.4) is 0 Å². The summed E-state index contributed by atoms with van der Waals surface area (Å²) >= 11 is 6.02. The lowest BCUT2D eigenvalue weighted by Gasteiger charge is -2.26. The number of rotatable bonds is 4. The van der Waals surface area contributed by atoms with Gasteiger partial charge in [-0.05, 0) is 56.2 Å². The van der Waals surface area contributed by atoms with Gasteiger partial charge in [0.2, 0.25) is 0 Å². The molecule has 2 N–H and O–H groups in total. The number of nitrogens with one attached hydrogen (secondary N) is 1. The minimum atomic E-state index is -0.702. The quantitative estimate of drug-likeness (QED) is 0.897. The van der Waals surface area contributed by atoms with Gasteiger partial charge in [-0.3, -0.25) is 9.59 Å². The van der Waals surface area contributed by atoms with Crippen molar-refractivity contribution in [1.29, 1.82) is 0 Å². The van der Waals surface area contributed by atoms with Gasteiger partial charge in [0.15, 0.2) is 0 Å². The Kier molecular flexibility index (Phi) is 5.23. The average molecular weight is 310 g/mol. The summed E-state index contributed by atoms with van der Waals surface area (Å²) in [5.41, 5.74) is 1.50. The zero-order chi connectivity index (χ0) is 15.4. The van der Waals surface area contributed by atoms with Crippen molar-refractivity contribution in [1.82, 2.24) is 5.32 Å². The molecule has 0 saturated heterocycles. The molecular weight excluding hydrogens is 290 g/mol. The Morgan fingerprint density at radius 3 is 2.52 bits per heavy atom. The van der Waals surface area contributed by atoms with Crippen molar-refractivity contribution in [2.45, 2.75) is 32.6 Å². The summed E-state index contributed by atoms with van der Waals surface area (Å²) in [5, 5.41) is 12.5. The second-order valence-electron chi connectivity index (χ2n) is 5.73. The van der Waals surface area contributed by atoms with E-state index in [4.69, 9.17) is 16.7 Å². The van der Waals surface area contributed by atoms with Crippen LogP contribution in [-0.2, 0) is 4.79 Å². The Labute approximate surface area is 129 Å². The summed E-state index contributed by atoms with van der Waals surface area (Å²) in [6.45, 7) is 2.49. The summed E-state index contributed by atoms with van der Waals surface area (Å²) in [7, 11) is 0. The molecule has 1 amide bonds. The Balaban J connectivity index is 1.82. The first-order valence-electron chi connectivity index (χ1n) is 7.24. The van der Waals surface area contributed by atoms with E-state index in [1.807, 2.05) is 13.0 Å². The van der Waals surface area contributed by atoms with Gasteiger partial charge in [-0.1, -0.05) is 17.7 Å². The fraction of sp³-hybridized carbons (Fsp3) is 0.500. The second kappa shape index (κ2) is 6.94. The van der Waals surface area contributed by atoms with Crippen LogP contribution >= 0.6 is 11.6 Å². The van der Waals surface area contributed by atoms with E-state index in [0.717, 1.165) is 18.4 Å². The highest BCUT2D eigenvalue weighted by atomic mass is 35.5. The highest BCUT2D eigenvalue weighted by molar-refractivity contribution is 6.31. The van der Waals surface area contributed by atoms with E-state index < -0.39 is 5.97 Å². The predicted octanol–water partition coefficient (Wildman–Crippen LogP) is 3.27. The molecule has 0 atom stereocenters. The van der Waals surface area contributed by atoms with Crippen LogP contribution in [0.5, 0.6) is 0 Å². The van der Waals surface area contributed by atoms with Crippen LogP contribution in [0.15, 0.2) is 18.2 Å². The smallest absolute Gasteiger partial charge is 0.306 e. The molecule has 2 rings (SSSR count). The van der Waals surface area contributed by atoms with Crippen LogP contribution in [-0.4, -0.2) is 23.5 Å². The van der Waals surface area contributed by atoms with Gasteiger partial charge >= 0.3 is 5.97 Å². The molecule has 0 aliphatic heterocycles. The van der Waals surface area contributed by atoms with Crippen molar-refractivity contribution in [2.75, 3.05) is 6.54 Å². The Morgan fingerprint density at radius 2 is 1.95 bits per heavy atom. The fourth-order valence-corrected chi connectivity index (χ4v) is 2.87. The maximum absolute atomic E-state index is 12.1. The minimum absolute atomic E-state index is 0.128. The molecule has 0 unspecified atom stereocenters. The predicted molar refractivity (Wildman–Crippen MR) is 81.6 cm³/mol. The summed E-state index contributed by atoms with van der Waals surface area (Å²) < 4.78 is 0. The van der Waals surface area contributed by atoms with Crippen LogP contribution in [0.1, 0.15) is 41.6 Å². The highest BCUT2D eigenvalue weighted by Crippen LogP contribution is 2.28. The molecule has 1 aliphatic carbocycles. The van der Waals surface area contributed by atoms with Gasteiger partial charge in [-0.15, -0.1) is 0 Å². The number of aryl methyl sites for hydroxylation is 1. The standard InChI is InChI=1S/C16H20ClNO3/c1-10-2-5-13(8-14(10)17)15(19)18-9-11-3-6-12(7-4-11)16(20)21/h2,5,8,11-12H,3-4,6-7,9H2,1H3,(H,18,19)(H,20,21). The summed E-state index contributed by atoms with van der Waals surface area (Å²) in [4.78, 5) is 22.9. The normalized spacial score (nSPS) is 21.8. The van der Waals surface area contributed by atoms with Crippen molar-refractivity contribution < 1.29 is 14.7 Å². The molecule has 0 bridgehead atoms. The highest BCUT2D eigenvalue weighted by Gasteiger charge is 2.26. The maximum Gasteiger partial charge on any atom is 0.306 e. The summed E-state index contributed by atoms with van der Waals surface area (Å²) in [6.07, 6.45) is 3.11. The van der Waals surface area contributed by atoms with Gasteiger partial charge in [-0.2, -0.15) is 0 Å². The van der Waals surface area contributed by atoms with E-state index in [-0.39, 0.29) is 11.8 Å². The molecule has 0 spiro atoms. The molecule has 5 heteroatoms. The van der Waals surface area contributed by atoms with Crippen molar-refractivity contribution in [2.24, 2.45) is 11.8 Å². The van der Waals surface area contributed by atoms with Gasteiger partial charge < -0.3 is 10.4 Å². The van der Waals surface area contributed by atoms with Crippen LogP contribution in [0.25, 0.3) is 0 Å². The first-order valence-corrected chi connectivity index (χ1v) is 7.62. The number of halogens is 1. The Bertz CT molecular complexity index is 536. The molecule has 1 aliphatic rings. The lowest BCUT2D eigenvalue weighted by Crippen LogP contribution is -2.32. The van der Waals surface area contributed by atoms with Crippen molar-refractivity contribution in [3.8, 4) is 0 Å². The first-order chi connectivity index (χ1) is 9.97. The zero-order valence-electron chi connectivity index (χ0n) is 12.1. The number of hydrogen-bond acceptors (Lipinski definition) is 2. The summed E-state index contributed by atoms with van der Waals surface area (Å²) in [6, 6.07) is 5.26. The molecule has 1 saturated carbocycles. The maximum atomic E-state index is 12.1. The number of carbonyl (C=O) groups excluding carboxylic acids is 1. The Hall–Kier alpha value is -1.55. The van der Waals surface area contributed by atoms with Gasteiger partial charge in [0.05, 0.1) is 5.92 Å². The minimum Gasteiger partial charge on any atom is -0.481 e. The van der Waals surface area contributed by atoms with E-state index in [9.17, 15) is 9.59 Å². The van der Waals surface area contributed by atoms with Crippen LogP contribution in [0.4, 0.5) is 0 Å². The topological polar surface area (TPSA) is 66.4 Å². The first kappa shape index (κ1) is 15.8. The molecule has 1 aromatic rings. The third-order valence-corrected chi connectivity index (χ3v) is 4.59. The second-order valence-corrected chi connectivity index (χ2v) is 6.14. The van der Waals surface area contributed by atoms with Crippen molar-refractivity contribution in [3.63, 3.8) is 0 Å². The number of aliphatic carboxylic acids is 1. The Morgan fingerprint density at radius 1 is 1.29 bits per heavy atom. The monoisotopic (exact) mass is 309 g/mol. The zero-order valence-corrected chi connectivity index (χ0v) is 12.8. The SMILES string of the molecule is Cc1ccc(C(=O)NCC2CCC(C(=O)O)CC2)cc1Cl. The average Bonchev–Trinajstić information content (AvgIpc) is 2.48. The molecule has 0 aromatic heterocycles. The number of hydrogen-bond donors (Lipinski definition) is 2. The molecule has 114 valence electrons. The third kappa shape index (κ3) is 4.21. The largest absolute Gasteiger partial charge is 0.481 e.